The maximum absolute atomic E-state index is 3.77. The summed E-state index contributed by atoms with van der Waals surface area (Å²) in [6, 6.07) is 0.846. The van der Waals surface area contributed by atoms with Crippen molar-refractivity contribution in [3.05, 3.63) is 0 Å². The second-order valence-corrected chi connectivity index (χ2v) is 7.83. The van der Waals surface area contributed by atoms with Crippen LogP contribution in [0.1, 0.15) is 46.5 Å². The molecule has 18 heavy (non-hydrogen) atoms. The smallest absolute Gasteiger partial charge is 0.0147 e. The Morgan fingerprint density at radius 1 is 1.28 bits per heavy atom. The van der Waals surface area contributed by atoms with Crippen molar-refractivity contribution in [3.63, 3.8) is 0 Å². The molecule has 1 N–H and O–H groups in total. The third-order valence-electron chi connectivity index (χ3n) is 4.73. The van der Waals surface area contributed by atoms with Crippen molar-refractivity contribution in [2.45, 2.75) is 57.7 Å². The first-order chi connectivity index (χ1) is 8.67. The van der Waals surface area contributed by atoms with Crippen molar-refractivity contribution in [2.24, 2.45) is 5.41 Å². The van der Waals surface area contributed by atoms with E-state index in [1.165, 1.54) is 57.6 Å². The fourth-order valence-electron chi connectivity index (χ4n) is 2.94. The largest absolute Gasteiger partial charge is 0.313 e. The highest BCUT2D eigenvalue weighted by Gasteiger charge is 2.32. The molecule has 3 heteroatoms. The summed E-state index contributed by atoms with van der Waals surface area (Å²) in [7, 11) is 0. The minimum absolute atomic E-state index is 0.504. The molecule has 0 aromatic carbocycles. The molecule has 1 heterocycles. The summed E-state index contributed by atoms with van der Waals surface area (Å²) in [6.45, 7) is 12.2. The van der Waals surface area contributed by atoms with Crippen molar-refractivity contribution >= 4 is 11.8 Å². The van der Waals surface area contributed by atoms with Gasteiger partial charge in [0.1, 0.15) is 0 Å². The highest BCUT2D eigenvalue weighted by molar-refractivity contribution is 7.99. The van der Waals surface area contributed by atoms with Crippen molar-refractivity contribution < 1.29 is 0 Å². The Hall–Kier alpha value is 0.270. The number of rotatable bonds is 7. The van der Waals surface area contributed by atoms with Crippen LogP contribution in [0, 0.1) is 5.41 Å². The van der Waals surface area contributed by atoms with Gasteiger partial charge >= 0.3 is 0 Å². The van der Waals surface area contributed by atoms with E-state index in [9.17, 15) is 0 Å². The molecule has 1 aliphatic heterocycles. The minimum Gasteiger partial charge on any atom is -0.313 e. The summed E-state index contributed by atoms with van der Waals surface area (Å²) >= 11 is 2.13. The van der Waals surface area contributed by atoms with E-state index in [-0.39, 0.29) is 0 Å². The predicted octanol–water partition coefficient (Wildman–Crippen LogP) is 2.98. The van der Waals surface area contributed by atoms with Gasteiger partial charge in [-0.15, -0.1) is 0 Å². The summed E-state index contributed by atoms with van der Waals surface area (Å²) in [4.78, 5) is 2.71. The molecule has 0 amide bonds. The van der Waals surface area contributed by atoms with Gasteiger partial charge < -0.3 is 10.2 Å². The second kappa shape index (κ2) is 6.62. The minimum atomic E-state index is 0.504. The first-order valence-electron chi connectivity index (χ1n) is 7.75. The lowest BCUT2D eigenvalue weighted by Crippen LogP contribution is -2.47. The van der Waals surface area contributed by atoms with Crippen LogP contribution >= 0.6 is 11.8 Å². The Labute approximate surface area is 117 Å². The third kappa shape index (κ3) is 4.14. The van der Waals surface area contributed by atoms with Crippen LogP contribution in [0.3, 0.4) is 0 Å². The van der Waals surface area contributed by atoms with Crippen molar-refractivity contribution in [1.82, 2.24) is 10.2 Å². The molecule has 0 aromatic heterocycles. The van der Waals surface area contributed by atoms with Crippen LogP contribution in [0.15, 0.2) is 0 Å². The highest BCUT2D eigenvalue weighted by Crippen LogP contribution is 2.30. The predicted molar refractivity (Wildman–Crippen MR) is 82.4 cm³/mol. The van der Waals surface area contributed by atoms with E-state index in [1.54, 1.807) is 0 Å². The molecule has 2 rings (SSSR count). The molecule has 1 saturated heterocycles. The average Bonchev–Trinajstić information content (AvgIpc) is 3.19. The monoisotopic (exact) mass is 270 g/mol. The van der Waals surface area contributed by atoms with Crippen molar-refractivity contribution in [3.8, 4) is 0 Å². The molecule has 1 atom stereocenters. The topological polar surface area (TPSA) is 15.3 Å². The Kier molecular flexibility index (Phi) is 5.40. The van der Waals surface area contributed by atoms with Crippen LogP contribution in [0.5, 0.6) is 0 Å². The molecular formula is C15H30N2S. The molecule has 1 saturated carbocycles. The van der Waals surface area contributed by atoms with Crippen LogP contribution in [0.2, 0.25) is 0 Å². The van der Waals surface area contributed by atoms with E-state index in [4.69, 9.17) is 0 Å². The molecule has 1 unspecified atom stereocenters. The summed E-state index contributed by atoms with van der Waals surface area (Å²) < 4.78 is 0. The van der Waals surface area contributed by atoms with E-state index in [2.05, 4.69) is 42.7 Å². The molecule has 2 fully saturated rings. The summed E-state index contributed by atoms with van der Waals surface area (Å²) in [5, 5.41) is 4.59. The van der Waals surface area contributed by atoms with Gasteiger partial charge in [-0.05, 0) is 31.1 Å². The van der Waals surface area contributed by atoms with Gasteiger partial charge in [-0.2, -0.15) is 11.8 Å². The van der Waals surface area contributed by atoms with Crippen LogP contribution in [0.4, 0.5) is 0 Å². The van der Waals surface area contributed by atoms with Gasteiger partial charge in [0.05, 0.1) is 0 Å². The standard InChI is InChI=1S/C15H30N2S/c1-4-15(5-2,11-16-14-6-7-14)12-17-8-9-18-13(3)10-17/h13-14,16H,4-12H2,1-3H3. The molecule has 2 aliphatic rings. The maximum atomic E-state index is 3.77. The zero-order chi connectivity index (χ0) is 13.0. The summed E-state index contributed by atoms with van der Waals surface area (Å²) in [5.41, 5.74) is 0.504. The van der Waals surface area contributed by atoms with E-state index >= 15 is 0 Å². The first-order valence-corrected chi connectivity index (χ1v) is 8.79. The Morgan fingerprint density at radius 3 is 2.56 bits per heavy atom. The molecule has 0 radical (unpaired) electrons. The maximum Gasteiger partial charge on any atom is 0.0147 e. The molecule has 0 bridgehead atoms. The lowest BCUT2D eigenvalue weighted by Gasteiger charge is -2.40. The van der Waals surface area contributed by atoms with Crippen LogP contribution in [-0.4, -0.2) is 48.1 Å². The quantitative estimate of drug-likeness (QED) is 0.765. The van der Waals surface area contributed by atoms with Gasteiger partial charge in [-0.3, -0.25) is 0 Å². The van der Waals surface area contributed by atoms with Gasteiger partial charge in [0, 0.05) is 43.2 Å². The van der Waals surface area contributed by atoms with Gasteiger partial charge in [-0.1, -0.05) is 20.8 Å². The van der Waals surface area contributed by atoms with Gasteiger partial charge in [0.15, 0.2) is 0 Å². The number of nitrogens with zero attached hydrogens (tertiary/aromatic N) is 1. The van der Waals surface area contributed by atoms with Gasteiger partial charge in [-0.25, -0.2) is 0 Å². The lowest BCUT2D eigenvalue weighted by molar-refractivity contribution is 0.137. The zero-order valence-electron chi connectivity index (χ0n) is 12.4. The normalized spacial score (nSPS) is 26.5. The highest BCUT2D eigenvalue weighted by atomic mass is 32.2. The fraction of sp³-hybridized carbons (Fsp3) is 1.00. The molecular weight excluding hydrogens is 240 g/mol. The Bertz CT molecular complexity index is 249. The Morgan fingerprint density at radius 2 is 2.00 bits per heavy atom. The van der Waals surface area contributed by atoms with Crippen molar-refractivity contribution in [1.29, 1.82) is 0 Å². The van der Waals surface area contributed by atoms with Gasteiger partial charge in [0.2, 0.25) is 0 Å². The number of nitrogens with one attached hydrogen (secondary N) is 1. The average molecular weight is 270 g/mol. The van der Waals surface area contributed by atoms with E-state index < -0.39 is 0 Å². The number of hydrogen-bond donors (Lipinski definition) is 1. The second-order valence-electron chi connectivity index (χ2n) is 6.28. The van der Waals surface area contributed by atoms with Crippen LogP contribution < -0.4 is 5.32 Å². The number of thioether (sulfide) groups is 1. The van der Waals surface area contributed by atoms with Crippen molar-refractivity contribution in [2.75, 3.05) is 31.9 Å². The van der Waals surface area contributed by atoms with E-state index in [0.29, 0.717) is 5.41 Å². The first kappa shape index (κ1) is 14.7. The molecule has 1 aliphatic carbocycles. The van der Waals surface area contributed by atoms with Gasteiger partial charge in [0.25, 0.3) is 0 Å². The molecule has 106 valence electrons. The molecule has 0 aromatic rings. The van der Waals surface area contributed by atoms with E-state index in [0.717, 1.165) is 11.3 Å². The van der Waals surface area contributed by atoms with E-state index in [1.807, 2.05) is 0 Å². The summed E-state index contributed by atoms with van der Waals surface area (Å²) in [5.74, 6) is 1.32. The number of hydrogen-bond acceptors (Lipinski definition) is 3. The fourth-order valence-corrected chi connectivity index (χ4v) is 4.02. The Balaban J connectivity index is 1.86. The zero-order valence-corrected chi connectivity index (χ0v) is 13.2. The summed E-state index contributed by atoms with van der Waals surface area (Å²) in [6.07, 6.45) is 5.42. The molecule has 2 nitrogen and oxygen atoms in total. The SMILES string of the molecule is CCC(CC)(CNC1CC1)CN1CCSC(C)C1. The van der Waals surface area contributed by atoms with Crippen LogP contribution in [-0.2, 0) is 0 Å². The molecule has 0 spiro atoms. The van der Waals surface area contributed by atoms with Crippen LogP contribution in [0.25, 0.3) is 0 Å². The third-order valence-corrected chi connectivity index (χ3v) is 5.86. The lowest BCUT2D eigenvalue weighted by atomic mass is 9.81.